The highest BCUT2D eigenvalue weighted by atomic mass is 16.4. The second-order valence-electron chi connectivity index (χ2n) is 5.58. The normalized spacial score (nSPS) is 13.2. The van der Waals surface area contributed by atoms with Gasteiger partial charge in [-0.1, -0.05) is 69.8 Å². The minimum absolute atomic E-state index is 0.297. The number of hydrogen-bond donors (Lipinski definition) is 2. The van der Waals surface area contributed by atoms with Crippen LogP contribution in [0.2, 0.25) is 0 Å². The van der Waals surface area contributed by atoms with Crippen LogP contribution in [0.25, 0.3) is 0 Å². The topological polar surface area (TPSA) is 57.5 Å². The van der Waals surface area contributed by atoms with Crippen molar-refractivity contribution in [3.05, 3.63) is 24.3 Å². The SMILES string of the molecule is CCCCC[C@H](O)/C=C/C=C/CCCCCCCC(=O)O. The van der Waals surface area contributed by atoms with E-state index < -0.39 is 5.97 Å². The zero-order chi connectivity index (χ0) is 15.8. The Hall–Kier alpha value is -1.09. The van der Waals surface area contributed by atoms with Gasteiger partial charge >= 0.3 is 5.97 Å². The van der Waals surface area contributed by atoms with E-state index >= 15 is 0 Å². The van der Waals surface area contributed by atoms with Crippen molar-refractivity contribution in [2.24, 2.45) is 0 Å². The van der Waals surface area contributed by atoms with Gasteiger partial charge in [0.25, 0.3) is 0 Å². The molecule has 0 aromatic heterocycles. The van der Waals surface area contributed by atoms with Crippen molar-refractivity contribution >= 4 is 5.97 Å². The van der Waals surface area contributed by atoms with Crippen LogP contribution in [0, 0.1) is 0 Å². The van der Waals surface area contributed by atoms with Gasteiger partial charge in [-0.3, -0.25) is 4.79 Å². The maximum atomic E-state index is 10.3. The molecule has 0 radical (unpaired) electrons. The summed E-state index contributed by atoms with van der Waals surface area (Å²) in [6.45, 7) is 2.16. The molecule has 0 heterocycles. The van der Waals surface area contributed by atoms with Crippen LogP contribution >= 0.6 is 0 Å². The zero-order valence-corrected chi connectivity index (χ0v) is 13.5. The lowest BCUT2D eigenvalue weighted by Gasteiger charge is -2.03. The van der Waals surface area contributed by atoms with Crippen LogP contribution in [-0.2, 0) is 4.79 Å². The van der Waals surface area contributed by atoms with Crippen molar-refractivity contribution < 1.29 is 15.0 Å². The number of carboxylic acid groups (broad SMARTS) is 1. The lowest BCUT2D eigenvalue weighted by molar-refractivity contribution is -0.137. The molecule has 0 saturated carbocycles. The number of carboxylic acids is 1. The number of allylic oxidation sites excluding steroid dienone is 3. The molecule has 0 unspecified atom stereocenters. The first-order chi connectivity index (χ1) is 10.2. The molecule has 0 spiro atoms. The van der Waals surface area contributed by atoms with Crippen LogP contribution in [-0.4, -0.2) is 22.3 Å². The van der Waals surface area contributed by atoms with E-state index in [1.54, 1.807) is 0 Å². The molecule has 122 valence electrons. The predicted molar refractivity (Wildman–Crippen MR) is 88.4 cm³/mol. The molecule has 3 nitrogen and oxygen atoms in total. The summed E-state index contributed by atoms with van der Waals surface area (Å²) in [6.07, 6.45) is 18.5. The average molecular weight is 296 g/mol. The van der Waals surface area contributed by atoms with Crippen LogP contribution in [0.3, 0.4) is 0 Å². The third-order valence-corrected chi connectivity index (χ3v) is 3.45. The standard InChI is InChI=1S/C18H32O3/c1-2-3-11-14-17(19)15-12-9-7-5-4-6-8-10-13-16-18(20)21/h7,9,12,15,17,19H,2-6,8,10-11,13-14,16H2,1H3,(H,20,21)/b9-7+,15-12+/t17-/m0/s1. The second kappa shape index (κ2) is 15.3. The molecule has 2 N–H and O–H groups in total. The van der Waals surface area contributed by atoms with Crippen LogP contribution in [0.4, 0.5) is 0 Å². The molecular formula is C18H32O3. The molecule has 0 aromatic carbocycles. The van der Waals surface area contributed by atoms with Crippen LogP contribution in [0.1, 0.15) is 77.6 Å². The van der Waals surface area contributed by atoms with Crippen molar-refractivity contribution in [3.8, 4) is 0 Å². The van der Waals surface area contributed by atoms with Crippen molar-refractivity contribution in [3.63, 3.8) is 0 Å². The van der Waals surface area contributed by atoms with Gasteiger partial charge < -0.3 is 10.2 Å². The van der Waals surface area contributed by atoms with E-state index in [-0.39, 0.29) is 6.10 Å². The van der Waals surface area contributed by atoms with Gasteiger partial charge in [-0.25, -0.2) is 0 Å². The van der Waals surface area contributed by atoms with E-state index in [0.29, 0.717) is 6.42 Å². The lowest BCUT2D eigenvalue weighted by Crippen LogP contribution is -2.00. The largest absolute Gasteiger partial charge is 0.481 e. The highest BCUT2D eigenvalue weighted by Crippen LogP contribution is 2.08. The smallest absolute Gasteiger partial charge is 0.303 e. The van der Waals surface area contributed by atoms with Crippen molar-refractivity contribution in [1.82, 2.24) is 0 Å². The Morgan fingerprint density at radius 2 is 1.71 bits per heavy atom. The Bertz CT molecular complexity index is 295. The number of hydrogen-bond acceptors (Lipinski definition) is 2. The molecule has 0 fully saturated rings. The quantitative estimate of drug-likeness (QED) is 0.355. The van der Waals surface area contributed by atoms with E-state index in [4.69, 9.17) is 5.11 Å². The van der Waals surface area contributed by atoms with Gasteiger partial charge in [-0.15, -0.1) is 0 Å². The van der Waals surface area contributed by atoms with Gasteiger partial charge in [-0.05, 0) is 25.7 Å². The fourth-order valence-corrected chi connectivity index (χ4v) is 2.14. The lowest BCUT2D eigenvalue weighted by atomic mass is 10.1. The predicted octanol–water partition coefficient (Wildman–Crippen LogP) is 4.86. The minimum atomic E-state index is -0.693. The fraction of sp³-hybridized carbons (Fsp3) is 0.722. The summed E-state index contributed by atoms with van der Waals surface area (Å²) in [5, 5.41) is 18.2. The Kier molecular flexibility index (Phi) is 14.5. The van der Waals surface area contributed by atoms with E-state index in [0.717, 1.165) is 51.4 Å². The van der Waals surface area contributed by atoms with Gasteiger partial charge in [-0.2, -0.15) is 0 Å². The molecule has 0 aliphatic carbocycles. The van der Waals surface area contributed by atoms with Gasteiger partial charge in [0.05, 0.1) is 6.10 Å². The Morgan fingerprint density at radius 3 is 2.43 bits per heavy atom. The maximum Gasteiger partial charge on any atom is 0.303 e. The summed E-state index contributed by atoms with van der Waals surface area (Å²) in [7, 11) is 0. The maximum absolute atomic E-state index is 10.3. The molecule has 1 atom stereocenters. The van der Waals surface area contributed by atoms with Crippen molar-refractivity contribution in [2.45, 2.75) is 83.7 Å². The van der Waals surface area contributed by atoms with Crippen LogP contribution < -0.4 is 0 Å². The van der Waals surface area contributed by atoms with Gasteiger partial charge in [0.2, 0.25) is 0 Å². The summed E-state index contributed by atoms with van der Waals surface area (Å²) in [4.78, 5) is 10.3. The summed E-state index contributed by atoms with van der Waals surface area (Å²) in [6, 6.07) is 0. The third kappa shape index (κ3) is 16.9. The number of carbonyl (C=O) groups is 1. The van der Waals surface area contributed by atoms with Crippen LogP contribution in [0.5, 0.6) is 0 Å². The van der Waals surface area contributed by atoms with Gasteiger partial charge in [0, 0.05) is 6.42 Å². The molecule has 3 heteroatoms. The number of aliphatic hydroxyl groups excluding tert-OH is 1. The van der Waals surface area contributed by atoms with E-state index in [2.05, 4.69) is 13.0 Å². The molecule has 0 aliphatic rings. The molecule has 0 bridgehead atoms. The summed E-state index contributed by atoms with van der Waals surface area (Å²) >= 11 is 0. The number of unbranched alkanes of at least 4 members (excludes halogenated alkanes) is 7. The third-order valence-electron chi connectivity index (χ3n) is 3.45. The Morgan fingerprint density at radius 1 is 1.00 bits per heavy atom. The molecule has 0 aliphatic heterocycles. The van der Waals surface area contributed by atoms with E-state index in [1.165, 1.54) is 12.8 Å². The molecule has 21 heavy (non-hydrogen) atoms. The highest BCUT2D eigenvalue weighted by molar-refractivity contribution is 5.66. The van der Waals surface area contributed by atoms with Gasteiger partial charge in [0.15, 0.2) is 0 Å². The first kappa shape index (κ1) is 19.9. The molecule has 0 aromatic rings. The second-order valence-corrected chi connectivity index (χ2v) is 5.58. The van der Waals surface area contributed by atoms with Gasteiger partial charge in [0.1, 0.15) is 0 Å². The highest BCUT2D eigenvalue weighted by Gasteiger charge is 1.97. The average Bonchev–Trinajstić information content (AvgIpc) is 2.44. The molecule has 0 saturated heterocycles. The molecular weight excluding hydrogens is 264 g/mol. The van der Waals surface area contributed by atoms with Crippen LogP contribution in [0.15, 0.2) is 24.3 Å². The summed E-state index contributed by atoms with van der Waals surface area (Å²) in [5.74, 6) is -0.693. The molecule has 0 amide bonds. The fourth-order valence-electron chi connectivity index (χ4n) is 2.14. The summed E-state index contributed by atoms with van der Waals surface area (Å²) in [5.41, 5.74) is 0. The number of rotatable bonds is 14. The zero-order valence-electron chi connectivity index (χ0n) is 13.5. The molecule has 0 rings (SSSR count). The van der Waals surface area contributed by atoms with Crippen molar-refractivity contribution in [2.75, 3.05) is 0 Å². The van der Waals surface area contributed by atoms with Crippen molar-refractivity contribution in [1.29, 1.82) is 0 Å². The Balaban J connectivity index is 3.37. The first-order valence-corrected chi connectivity index (χ1v) is 8.40. The number of aliphatic carboxylic acids is 1. The Labute approximate surface area is 129 Å². The minimum Gasteiger partial charge on any atom is -0.481 e. The number of aliphatic hydroxyl groups is 1. The monoisotopic (exact) mass is 296 g/mol. The van der Waals surface area contributed by atoms with E-state index in [1.807, 2.05) is 18.2 Å². The first-order valence-electron chi connectivity index (χ1n) is 8.40. The summed E-state index contributed by atoms with van der Waals surface area (Å²) < 4.78 is 0. The van der Waals surface area contributed by atoms with E-state index in [9.17, 15) is 9.90 Å².